The minimum atomic E-state index is -0.714. The summed E-state index contributed by atoms with van der Waals surface area (Å²) < 4.78 is 1.10. The molecule has 1 unspecified atom stereocenters. The molecule has 1 atom stereocenters. The molecule has 0 aromatic carbocycles. The first-order chi connectivity index (χ1) is 6.09. The Morgan fingerprint density at radius 2 is 2.46 bits per heavy atom. The maximum absolute atomic E-state index is 10.5. The highest BCUT2D eigenvalue weighted by atomic mass is 79.9. The third-order valence-corrected chi connectivity index (χ3v) is 3.46. The van der Waals surface area contributed by atoms with Gasteiger partial charge in [-0.05, 0) is 45.8 Å². The second-order valence-electron chi connectivity index (χ2n) is 3.04. The van der Waals surface area contributed by atoms with E-state index < -0.39 is 5.97 Å². The van der Waals surface area contributed by atoms with Crippen LogP contribution in [-0.2, 0) is 11.2 Å². The fourth-order valence-electron chi connectivity index (χ4n) is 0.984. The number of carboxylic acids is 1. The summed E-state index contributed by atoms with van der Waals surface area (Å²) >= 11 is 5.00. The van der Waals surface area contributed by atoms with Crippen molar-refractivity contribution in [1.82, 2.24) is 0 Å². The highest BCUT2D eigenvalue weighted by Crippen LogP contribution is 2.22. The molecule has 1 aromatic rings. The van der Waals surface area contributed by atoms with Crippen molar-refractivity contribution in [2.24, 2.45) is 5.92 Å². The molecule has 1 aromatic heterocycles. The molecule has 1 rings (SSSR count). The Balaban J connectivity index is 2.39. The second kappa shape index (κ2) is 4.77. The van der Waals surface area contributed by atoms with Crippen LogP contribution < -0.4 is 0 Å². The molecule has 2 nitrogen and oxygen atoms in total. The number of rotatable bonds is 4. The summed E-state index contributed by atoms with van der Waals surface area (Å²) in [5, 5.41) is 10.7. The fraction of sp³-hybridized carbons (Fsp3) is 0.444. The van der Waals surface area contributed by atoms with Gasteiger partial charge in [-0.25, -0.2) is 0 Å². The van der Waals surface area contributed by atoms with Gasteiger partial charge in [0, 0.05) is 0 Å². The normalized spacial score (nSPS) is 12.8. The predicted octanol–water partition coefficient (Wildman–Crippen LogP) is 3.16. The van der Waals surface area contributed by atoms with E-state index in [9.17, 15) is 4.79 Å². The van der Waals surface area contributed by atoms with Crippen LogP contribution in [0.5, 0.6) is 0 Å². The summed E-state index contributed by atoms with van der Waals surface area (Å²) in [5.74, 6) is -0.965. The van der Waals surface area contributed by atoms with Gasteiger partial charge in [0.25, 0.3) is 0 Å². The Morgan fingerprint density at radius 1 is 1.77 bits per heavy atom. The van der Waals surface area contributed by atoms with Crippen LogP contribution >= 0.6 is 27.3 Å². The van der Waals surface area contributed by atoms with Crippen LogP contribution in [0.1, 0.15) is 18.9 Å². The lowest BCUT2D eigenvalue weighted by Crippen LogP contribution is -2.09. The topological polar surface area (TPSA) is 37.3 Å². The van der Waals surface area contributed by atoms with Gasteiger partial charge in [-0.1, -0.05) is 6.92 Å². The average molecular weight is 263 g/mol. The molecular formula is C9H11BrO2S. The summed E-state index contributed by atoms with van der Waals surface area (Å²) in [6.45, 7) is 1.74. The Bertz CT molecular complexity index is 296. The van der Waals surface area contributed by atoms with Crippen molar-refractivity contribution >= 4 is 33.2 Å². The predicted molar refractivity (Wildman–Crippen MR) is 57.1 cm³/mol. The van der Waals surface area contributed by atoms with E-state index in [-0.39, 0.29) is 5.92 Å². The summed E-state index contributed by atoms with van der Waals surface area (Å²) in [6.07, 6.45) is 1.55. The van der Waals surface area contributed by atoms with Crippen LogP contribution in [0.15, 0.2) is 15.2 Å². The Hall–Kier alpha value is -0.350. The smallest absolute Gasteiger partial charge is 0.306 e. The SMILES string of the molecule is CC(CCc1csc(Br)c1)C(=O)O. The molecule has 0 bridgehead atoms. The molecule has 0 radical (unpaired) electrons. The molecule has 72 valence electrons. The first kappa shape index (κ1) is 10.7. The van der Waals surface area contributed by atoms with E-state index in [1.165, 1.54) is 5.56 Å². The summed E-state index contributed by atoms with van der Waals surface area (Å²) in [5.41, 5.74) is 1.21. The van der Waals surface area contributed by atoms with Crippen molar-refractivity contribution in [2.75, 3.05) is 0 Å². The molecule has 0 saturated heterocycles. The van der Waals surface area contributed by atoms with Crippen molar-refractivity contribution in [1.29, 1.82) is 0 Å². The van der Waals surface area contributed by atoms with Crippen LogP contribution in [0, 0.1) is 5.92 Å². The van der Waals surface area contributed by atoms with Gasteiger partial charge in [-0.15, -0.1) is 11.3 Å². The van der Waals surface area contributed by atoms with E-state index in [0.717, 1.165) is 10.2 Å². The van der Waals surface area contributed by atoms with Gasteiger partial charge < -0.3 is 5.11 Å². The summed E-state index contributed by atoms with van der Waals surface area (Å²) in [4.78, 5) is 10.5. The fourth-order valence-corrected chi connectivity index (χ4v) is 2.23. The van der Waals surface area contributed by atoms with E-state index in [1.54, 1.807) is 18.3 Å². The number of carbonyl (C=O) groups is 1. The second-order valence-corrected chi connectivity index (χ2v) is 5.33. The van der Waals surface area contributed by atoms with Crippen LogP contribution in [0.2, 0.25) is 0 Å². The zero-order chi connectivity index (χ0) is 9.84. The lowest BCUT2D eigenvalue weighted by Gasteiger charge is -2.03. The maximum atomic E-state index is 10.5. The van der Waals surface area contributed by atoms with E-state index in [1.807, 2.05) is 6.07 Å². The highest BCUT2D eigenvalue weighted by Gasteiger charge is 2.10. The quantitative estimate of drug-likeness (QED) is 0.905. The van der Waals surface area contributed by atoms with Gasteiger partial charge in [0.15, 0.2) is 0 Å². The maximum Gasteiger partial charge on any atom is 0.306 e. The minimum absolute atomic E-state index is 0.251. The Morgan fingerprint density at radius 3 is 2.92 bits per heavy atom. The lowest BCUT2D eigenvalue weighted by molar-refractivity contribution is -0.141. The van der Waals surface area contributed by atoms with Gasteiger partial charge in [0.1, 0.15) is 0 Å². The molecule has 1 N–H and O–H groups in total. The van der Waals surface area contributed by atoms with Gasteiger partial charge in [0.2, 0.25) is 0 Å². The molecule has 0 aliphatic carbocycles. The van der Waals surface area contributed by atoms with E-state index in [4.69, 9.17) is 5.11 Å². The first-order valence-corrected chi connectivity index (χ1v) is 5.72. The number of halogens is 1. The average Bonchev–Trinajstić information content (AvgIpc) is 2.47. The van der Waals surface area contributed by atoms with Crippen LogP contribution in [-0.4, -0.2) is 11.1 Å². The zero-order valence-corrected chi connectivity index (χ0v) is 9.69. The van der Waals surface area contributed by atoms with Gasteiger partial charge in [0.05, 0.1) is 9.70 Å². The summed E-state index contributed by atoms with van der Waals surface area (Å²) in [6, 6.07) is 2.04. The molecule has 0 aliphatic heterocycles. The van der Waals surface area contributed by atoms with Gasteiger partial charge in [-0.2, -0.15) is 0 Å². The number of aliphatic carboxylic acids is 1. The third-order valence-electron chi connectivity index (χ3n) is 1.91. The number of aryl methyl sites for hydroxylation is 1. The molecule has 0 saturated carbocycles. The van der Waals surface area contributed by atoms with Gasteiger partial charge in [-0.3, -0.25) is 4.79 Å². The number of hydrogen-bond donors (Lipinski definition) is 1. The molecule has 0 fully saturated rings. The Kier molecular flexibility index (Phi) is 3.93. The molecule has 0 aliphatic rings. The highest BCUT2D eigenvalue weighted by molar-refractivity contribution is 9.11. The van der Waals surface area contributed by atoms with Crippen molar-refractivity contribution in [3.63, 3.8) is 0 Å². The van der Waals surface area contributed by atoms with Crippen molar-refractivity contribution in [2.45, 2.75) is 19.8 Å². The third kappa shape index (κ3) is 3.48. The standard InChI is InChI=1S/C9H11BrO2S/c1-6(9(11)12)2-3-7-4-8(10)13-5-7/h4-6H,2-3H2,1H3,(H,11,12). The van der Waals surface area contributed by atoms with Gasteiger partial charge >= 0.3 is 5.97 Å². The molecule has 0 spiro atoms. The number of thiophene rings is 1. The molecule has 1 heterocycles. The lowest BCUT2D eigenvalue weighted by atomic mass is 10.0. The number of carboxylic acid groups (broad SMARTS) is 1. The molecular weight excluding hydrogens is 252 g/mol. The molecule has 4 heteroatoms. The zero-order valence-electron chi connectivity index (χ0n) is 7.29. The Labute approximate surface area is 89.7 Å². The molecule has 0 amide bonds. The minimum Gasteiger partial charge on any atom is -0.481 e. The van der Waals surface area contributed by atoms with Crippen LogP contribution in [0.3, 0.4) is 0 Å². The largest absolute Gasteiger partial charge is 0.481 e. The van der Waals surface area contributed by atoms with Crippen LogP contribution in [0.25, 0.3) is 0 Å². The van der Waals surface area contributed by atoms with Crippen molar-refractivity contribution in [3.8, 4) is 0 Å². The number of hydrogen-bond acceptors (Lipinski definition) is 2. The van der Waals surface area contributed by atoms with Crippen molar-refractivity contribution in [3.05, 3.63) is 20.8 Å². The monoisotopic (exact) mass is 262 g/mol. The molecule has 13 heavy (non-hydrogen) atoms. The van der Waals surface area contributed by atoms with Crippen molar-refractivity contribution < 1.29 is 9.90 Å². The summed E-state index contributed by atoms with van der Waals surface area (Å²) in [7, 11) is 0. The first-order valence-electron chi connectivity index (χ1n) is 4.05. The van der Waals surface area contributed by atoms with Crippen LogP contribution in [0.4, 0.5) is 0 Å². The van der Waals surface area contributed by atoms with E-state index in [0.29, 0.717) is 6.42 Å². The van der Waals surface area contributed by atoms with E-state index in [2.05, 4.69) is 21.3 Å². The van der Waals surface area contributed by atoms with E-state index >= 15 is 0 Å².